The van der Waals surface area contributed by atoms with Crippen LogP contribution in [0.4, 0.5) is 0 Å². The predicted molar refractivity (Wildman–Crippen MR) is 39.5 cm³/mol. The van der Waals surface area contributed by atoms with Crippen LogP contribution in [-0.2, 0) is 4.79 Å². The molecule has 10 heavy (non-hydrogen) atoms. The summed E-state index contributed by atoms with van der Waals surface area (Å²) in [7, 11) is 0. The molecule has 1 heterocycles. The van der Waals surface area contributed by atoms with Crippen molar-refractivity contribution < 1.29 is 4.79 Å². The van der Waals surface area contributed by atoms with E-state index in [1.54, 1.807) is 6.92 Å². The highest BCUT2D eigenvalue weighted by atomic mass is 16.1. The first-order chi connectivity index (χ1) is 4.72. The number of Topliss-reactive ketones (excluding diaryl/α,β-unsaturated/α-hetero) is 1. The van der Waals surface area contributed by atoms with Crippen LogP contribution in [-0.4, -0.2) is 29.9 Å². The summed E-state index contributed by atoms with van der Waals surface area (Å²) in [6.07, 6.45) is 2.02. The maximum absolute atomic E-state index is 10.8. The molecule has 3 nitrogen and oxygen atoms in total. The molecule has 0 aromatic rings. The quantitative estimate of drug-likeness (QED) is 0.588. The van der Waals surface area contributed by atoms with E-state index in [0.29, 0.717) is 0 Å². The zero-order valence-corrected chi connectivity index (χ0v) is 6.34. The van der Waals surface area contributed by atoms with Crippen molar-refractivity contribution in [2.24, 2.45) is 5.73 Å². The maximum Gasteiger partial charge on any atom is 0.161 e. The van der Waals surface area contributed by atoms with Crippen molar-refractivity contribution >= 4 is 5.78 Å². The Bertz CT molecular complexity index is 130. The molecule has 2 N–H and O–H groups in total. The van der Waals surface area contributed by atoms with Crippen LogP contribution in [0.15, 0.2) is 0 Å². The Labute approximate surface area is 61.2 Å². The molecule has 0 aromatic carbocycles. The van der Waals surface area contributed by atoms with E-state index < -0.39 is 0 Å². The lowest BCUT2D eigenvalue weighted by Crippen LogP contribution is -2.45. The van der Waals surface area contributed by atoms with Gasteiger partial charge < -0.3 is 5.73 Å². The molecule has 0 aromatic heterocycles. The van der Waals surface area contributed by atoms with E-state index >= 15 is 0 Å². The summed E-state index contributed by atoms with van der Waals surface area (Å²) in [4.78, 5) is 12.8. The van der Waals surface area contributed by atoms with Gasteiger partial charge in [-0.2, -0.15) is 0 Å². The molecule has 1 saturated heterocycles. The third kappa shape index (κ3) is 1.55. The van der Waals surface area contributed by atoms with Gasteiger partial charge in [-0.3, -0.25) is 9.69 Å². The van der Waals surface area contributed by atoms with E-state index in [1.165, 1.54) is 12.8 Å². The van der Waals surface area contributed by atoms with E-state index in [9.17, 15) is 4.79 Å². The summed E-state index contributed by atoms with van der Waals surface area (Å²) < 4.78 is 0. The van der Waals surface area contributed by atoms with Crippen LogP contribution in [0.25, 0.3) is 0 Å². The standard InChI is InChI=1S/C7H14N2O/c1-6(10)7(8)9-4-2-3-5-9/h7H,2-5,8H2,1H3/t7-/m0/s1. The molecular formula is C7H14N2O. The molecule has 1 fully saturated rings. The molecule has 0 aliphatic carbocycles. The van der Waals surface area contributed by atoms with Gasteiger partial charge in [0.25, 0.3) is 0 Å². The van der Waals surface area contributed by atoms with E-state index in [4.69, 9.17) is 5.73 Å². The minimum Gasteiger partial charge on any atom is -0.309 e. The van der Waals surface area contributed by atoms with Gasteiger partial charge in [-0.15, -0.1) is 0 Å². The molecule has 0 radical (unpaired) electrons. The van der Waals surface area contributed by atoms with Crippen LogP contribution in [0.5, 0.6) is 0 Å². The third-order valence-corrected chi connectivity index (χ3v) is 1.95. The van der Waals surface area contributed by atoms with Crippen molar-refractivity contribution in [2.45, 2.75) is 25.9 Å². The number of likely N-dealkylation sites (tertiary alicyclic amines) is 1. The Balaban J connectivity index is 2.39. The maximum atomic E-state index is 10.8. The Morgan fingerprint density at radius 2 is 2.00 bits per heavy atom. The number of nitrogens with zero attached hydrogens (tertiary/aromatic N) is 1. The molecule has 0 bridgehead atoms. The van der Waals surface area contributed by atoms with Crippen LogP contribution in [0.2, 0.25) is 0 Å². The van der Waals surface area contributed by atoms with Crippen LogP contribution < -0.4 is 5.73 Å². The van der Waals surface area contributed by atoms with Crippen molar-refractivity contribution in [1.82, 2.24) is 4.90 Å². The molecule has 58 valence electrons. The summed E-state index contributed by atoms with van der Waals surface area (Å²) in [6, 6.07) is 0. The van der Waals surface area contributed by atoms with E-state index in [-0.39, 0.29) is 11.9 Å². The normalized spacial score (nSPS) is 23.0. The Hall–Kier alpha value is -0.410. The zero-order valence-electron chi connectivity index (χ0n) is 6.34. The monoisotopic (exact) mass is 142 g/mol. The number of carbonyl (C=O) groups is 1. The molecule has 1 aliphatic heterocycles. The first-order valence-electron chi connectivity index (χ1n) is 3.72. The van der Waals surface area contributed by atoms with Crippen LogP contribution in [0, 0.1) is 0 Å². The highest BCUT2D eigenvalue weighted by molar-refractivity contribution is 5.80. The summed E-state index contributed by atoms with van der Waals surface area (Å²) in [6.45, 7) is 3.52. The second-order valence-corrected chi connectivity index (χ2v) is 2.80. The number of nitrogens with two attached hydrogens (primary N) is 1. The van der Waals surface area contributed by atoms with Gasteiger partial charge in [0, 0.05) is 13.1 Å². The molecule has 3 heteroatoms. The highest BCUT2D eigenvalue weighted by Gasteiger charge is 2.20. The number of carbonyl (C=O) groups excluding carboxylic acids is 1. The fourth-order valence-corrected chi connectivity index (χ4v) is 1.28. The van der Waals surface area contributed by atoms with Gasteiger partial charge in [-0.25, -0.2) is 0 Å². The molecule has 1 atom stereocenters. The van der Waals surface area contributed by atoms with E-state index in [2.05, 4.69) is 0 Å². The van der Waals surface area contributed by atoms with Crippen LogP contribution >= 0.6 is 0 Å². The zero-order chi connectivity index (χ0) is 7.56. The number of hydrogen-bond acceptors (Lipinski definition) is 3. The van der Waals surface area contributed by atoms with Gasteiger partial charge in [0.05, 0.1) is 0 Å². The number of rotatable bonds is 2. The van der Waals surface area contributed by atoms with Crippen LogP contribution in [0.3, 0.4) is 0 Å². The second kappa shape index (κ2) is 3.12. The molecule has 0 saturated carbocycles. The lowest BCUT2D eigenvalue weighted by molar-refractivity contribution is -0.121. The summed E-state index contributed by atoms with van der Waals surface area (Å²) in [5, 5.41) is 0. The smallest absolute Gasteiger partial charge is 0.161 e. The minimum absolute atomic E-state index is 0.0712. The largest absolute Gasteiger partial charge is 0.309 e. The van der Waals surface area contributed by atoms with Gasteiger partial charge in [0.2, 0.25) is 0 Å². The van der Waals surface area contributed by atoms with E-state index in [1.807, 2.05) is 4.90 Å². The van der Waals surface area contributed by atoms with Gasteiger partial charge in [0.1, 0.15) is 6.17 Å². The molecule has 1 aliphatic rings. The second-order valence-electron chi connectivity index (χ2n) is 2.80. The molecule has 1 rings (SSSR count). The fraction of sp³-hybridized carbons (Fsp3) is 0.857. The van der Waals surface area contributed by atoms with Crippen molar-refractivity contribution in [3.05, 3.63) is 0 Å². The molecule has 0 spiro atoms. The fourth-order valence-electron chi connectivity index (χ4n) is 1.28. The third-order valence-electron chi connectivity index (χ3n) is 1.95. The predicted octanol–water partition coefficient (Wildman–Crippen LogP) is -0.0440. The molecule has 0 amide bonds. The average molecular weight is 142 g/mol. The Kier molecular flexibility index (Phi) is 2.40. The average Bonchev–Trinajstić information content (AvgIpc) is 2.36. The lowest BCUT2D eigenvalue weighted by Gasteiger charge is -2.20. The lowest BCUT2D eigenvalue weighted by atomic mass is 10.3. The van der Waals surface area contributed by atoms with E-state index in [0.717, 1.165) is 13.1 Å². The van der Waals surface area contributed by atoms with Crippen molar-refractivity contribution in [3.8, 4) is 0 Å². The molecular weight excluding hydrogens is 128 g/mol. The Morgan fingerprint density at radius 1 is 1.50 bits per heavy atom. The van der Waals surface area contributed by atoms with Crippen molar-refractivity contribution in [2.75, 3.05) is 13.1 Å². The summed E-state index contributed by atoms with van der Waals surface area (Å²) in [5.41, 5.74) is 5.60. The topological polar surface area (TPSA) is 46.3 Å². The summed E-state index contributed by atoms with van der Waals surface area (Å²) in [5.74, 6) is 0.0712. The van der Waals surface area contributed by atoms with Crippen molar-refractivity contribution in [1.29, 1.82) is 0 Å². The Morgan fingerprint density at radius 3 is 2.40 bits per heavy atom. The molecule has 0 unspecified atom stereocenters. The first-order valence-corrected chi connectivity index (χ1v) is 3.72. The van der Waals surface area contributed by atoms with Gasteiger partial charge in [-0.05, 0) is 19.8 Å². The minimum atomic E-state index is -0.345. The van der Waals surface area contributed by atoms with Gasteiger partial charge in [-0.1, -0.05) is 0 Å². The van der Waals surface area contributed by atoms with Crippen molar-refractivity contribution in [3.63, 3.8) is 0 Å². The number of hydrogen-bond donors (Lipinski definition) is 1. The van der Waals surface area contributed by atoms with Gasteiger partial charge in [0.15, 0.2) is 5.78 Å². The first kappa shape index (κ1) is 7.69. The SMILES string of the molecule is CC(=O)[C@@H](N)N1CCCC1. The number of ketones is 1. The van der Waals surface area contributed by atoms with Gasteiger partial charge >= 0.3 is 0 Å². The van der Waals surface area contributed by atoms with Crippen LogP contribution in [0.1, 0.15) is 19.8 Å². The highest BCUT2D eigenvalue weighted by Crippen LogP contribution is 2.08. The summed E-state index contributed by atoms with van der Waals surface area (Å²) >= 11 is 0.